The van der Waals surface area contributed by atoms with E-state index in [0.29, 0.717) is 19.5 Å². The Labute approximate surface area is 116 Å². The van der Waals surface area contributed by atoms with Crippen LogP contribution in [-0.4, -0.2) is 59.3 Å². The number of aliphatic carboxylic acids is 1. The summed E-state index contributed by atoms with van der Waals surface area (Å²) in [5.41, 5.74) is 10.3. The van der Waals surface area contributed by atoms with Gasteiger partial charge < -0.3 is 32.3 Å². The van der Waals surface area contributed by atoms with Crippen molar-refractivity contribution in [3.8, 4) is 0 Å². The molecule has 20 heavy (non-hydrogen) atoms. The predicted molar refractivity (Wildman–Crippen MR) is 71.9 cm³/mol. The van der Waals surface area contributed by atoms with Gasteiger partial charge in [-0.05, 0) is 19.3 Å². The third-order valence-electron chi connectivity index (χ3n) is 2.98. The van der Waals surface area contributed by atoms with Gasteiger partial charge in [0.1, 0.15) is 6.04 Å². The molecule has 3 atom stereocenters. The van der Waals surface area contributed by atoms with E-state index in [0.717, 1.165) is 0 Å². The zero-order valence-electron chi connectivity index (χ0n) is 11.1. The van der Waals surface area contributed by atoms with E-state index < -0.39 is 30.1 Å². The first-order valence-corrected chi connectivity index (χ1v) is 6.40. The Balaban J connectivity index is 2.40. The van der Waals surface area contributed by atoms with E-state index >= 15 is 0 Å². The largest absolute Gasteiger partial charge is 0.480 e. The molecule has 0 radical (unpaired) electrons. The van der Waals surface area contributed by atoms with Gasteiger partial charge in [-0.1, -0.05) is 0 Å². The summed E-state index contributed by atoms with van der Waals surface area (Å²) in [6.45, 7) is 0.642. The highest BCUT2D eigenvalue weighted by molar-refractivity contribution is 5.87. The molecule has 1 aliphatic heterocycles. The molecule has 114 valence electrons. The summed E-state index contributed by atoms with van der Waals surface area (Å²) >= 11 is 0. The SMILES string of the molecule is NC(N)=NCCCC(NC(=O)C1CC(O)CN1)C(=O)O. The number of aliphatic imine (C=N–C) groups is 1. The van der Waals surface area contributed by atoms with Crippen LogP contribution in [0.3, 0.4) is 0 Å². The minimum atomic E-state index is -1.11. The number of rotatable bonds is 7. The van der Waals surface area contributed by atoms with Crippen molar-refractivity contribution in [2.75, 3.05) is 13.1 Å². The number of guanidine groups is 1. The molecule has 0 saturated carbocycles. The molecule has 0 aromatic carbocycles. The number of nitrogens with two attached hydrogens (primary N) is 2. The Morgan fingerprint density at radius 2 is 2.15 bits per heavy atom. The van der Waals surface area contributed by atoms with Crippen molar-refractivity contribution in [1.29, 1.82) is 0 Å². The topological polar surface area (TPSA) is 163 Å². The van der Waals surface area contributed by atoms with E-state index in [-0.39, 0.29) is 18.8 Å². The first-order valence-electron chi connectivity index (χ1n) is 6.40. The first kappa shape index (κ1) is 16.2. The minimum Gasteiger partial charge on any atom is -0.480 e. The lowest BCUT2D eigenvalue weighted by Crippen LogP contribution is -2.48. The van der Waals surface area contributed by atoms with Crippen molar-refractivity contribution >= 4 is 17.8 Å². The van der Waals surface area contributed by atoms with Crippen LogP contribution < -0.4 is 22.1 Å². The maximum atomic E-state index is 11.8. The smallest absolute Gasteiger partial charge is 0.326 e. The van der Waals surface area contributed by atoms with Crippen LogP contribution in [0.2, 0.25) is 0 Å². The number of carboxylic acid groups (broad SMARTS) is 1. The molecule has 1 heterocycles. The summed E-state index contributed by atoms with van der Waals surface area (Å²) < 4.78 is 0. The quantitative estimate of drug-likeness (QED) is 0.169. The Morgan fingerprint density at radius 3 is 2.65 bits per heavy atom. The Kier molecular flexibility index (Phi) is 6.19. The molecule has 1 aliphatic rings. The number of hydrogen-bond donors (Lipinski definition) is 6. The molecule has 1 saturated heterocycles. The highest BCUT2D eigenvalue weighted by Crippen LogP contribution is 2.07. The molecule has 1 fully saturated rings. The molecule has 0 bridgehead atoms. The number of aliphatic hydroxyl groups excluding tert-OH is 1. The molecular weight excluding hydrogens is 266 g/mol. The van der Waals surface area contributed by atoms with Crippen molar-refractivity contribution in [2.45, 2.75) is 37.5 Å². The average molecular weight is 287 g/mol. The van der Waals surface area contributed by atoms with E-state index in [9.17, 15) is 14.7 Å². The fraction of sp³-hybridized carbons (Fsp3) is 0.727. The van der Waals surface area contributed by atoms with Crippen molar-refractivity contribution in [3.05, 3.63) is 0 Å². The lowest BCUT2D eigenvalue weighted by atomic mass is 10.1. The first-order chi connectivity index (χ1) is 9.40. The van der Waals surface area contributed by atoms with Gasteiger partial charge in [0, 0.05) is 13.1 Å². The van der Waals surface area contributed by atoms with Crippen molar-refractivity contribution in [3.63, 3.8) is 0 Å². The van der Waals surface area contributed by atoms with Crippen LogP contribution in [0.1, 0.15) is 19.3 Å². The summed E-state index contributed by atoms with van der Waals surface area (Å²) in [5, 5.41) is 23.6. The Hall–Kier alpha value is -1.87. The summed E-state index contributed by atoms with van der Waals surface area (Å²) in [5.74, 6) is -1.58. The summed E-state index contributed by atoms with van der Waals surface area (Å²) in [6.07, 6.45) is 0.380. The van der Waals surface area contributed by atoms with E-state index in [4.69, 9.17) is 16.6 Å². The summed E-state index contributed by atoms with van der Waals surface area (Å²) in [7, 11) is 0. The van der Waals surface area contributed by atoms with Gasteiger partial charge in [0.05, 0.1) is 12.1 Å². The maximum Gasteiger partial charge on any atom is 0.326 e. The summed E-state index contributed by atoms with van der Waals surface area (Å²) in [6, 6.07) is -1.54. The van der Waals surface area contributed by atoms with Crippen LogP contribution in [0.15, 0.2) is 4.99 Å². The molecular formula is C11H21N5O4. The monoisotopic (exact) mass is 287 g/mol. The standard InChI is InChI=1S/C11H21N5O4/c12-11(13)14-3-1-2-7(10(19)20)16-9(18)8-4-6(17)5-15-8/h6-8,15,17H,1-5H2,(H,16,18)(H,19,20)(H4,12,13,14). The van der Waals surface area contributed by atoms with Gasteiger partial charge in [0.2, 0.25) is 5.91 Å². The molecule has 9 heteroatoms. The molecule has 1 amide bonds. The van der Waals surface area contributed by atoms with Crippen LogP contribution in [-0.2, 0) is 9.59 Å². The molecule has 0 aliphatic carbocycles. The number of nitrogens with one attached hydrogen (secondary N) is 2. The molecule has 0 spiro atoms. The van der Waals surface area contributed by atoms with Crippen LogP contribution in [0.25, 0.3) is 0 Å². The van der Waals surface area contributed by atoms with Crippen molar-refractivity contribution in [2.24, 2.45) is 16.5 Å². The molecule has 9 nitrogen and oxygen atoms in total. The second-order valence-electron chi connectivity index (χ2n) is 4.70. The van der Waals surface area contributed by atoms with Crippen LogP contribution in [0, 0.1) is 0 Å². The van der Waals surface area contributed by atoms with Gasteiger partial charge in [-0.3, -0.25) is 9.79 Å². The number of aliphatic hydroxyl groups is 1. The van der Waals surface area contributed by atoms with E-state index in [1.807, 2.05) is 0 Å². The number of carboxylic acids is 1. The lowest BCUT2D eigenvalue weighted by molar-refractivity contribution is -0.142. The Bertz CT molecular complexity index is 383. The minimum absolute atomic E-state index is 0.0509. The second-order valence-corrected chi connectivity index (χ2v) is 4.70. The normalized spacial score (nSPS) is 23.1. The number of carbonyl (C=O) groups excluding carboxylic acids is 1. The van der Waals surface area contributed by atoms with Crippen LogP contribution in [0.4, 0.5) is 0 Å². The average Bonchev–Trinajstić information content (AvgIpc) is 2.79. The molecule has 0 aromatic heterocycles. The van der Waals surface area contributed by atoms with Gasteiger partial charge in [-0.25, -0.2) is 4.79 Å². The van der Waals surface area contributed by atoms with Crippen molar-refractivity contribution in [1.82, 2.24) is 10.6 Å². The second kappa shape index (κ2) is 7.65. The van der Waals surface area contributed by atoms with E-state index in [1.54, 1.807) is 0 Å². The van der Waals surface area contributed by atoms with E-state index in [2.05, 4.69) is 15.6 Å². The van der Waals surface area contributed by atoms with Gasteiger partial charge >= 0.3 is 5.97 Å². The molecule has 3 unspecified atom stereocenters. The fourth-order valence-corrected chi connectivity index (χ4v) is 1.95. The number of β-amino-alcohol motifs (C(OH)–C–C–N with tert-alkyl or cyclic N) is 1. The number of carbonyl (C=O) groups is 2. The zero-order valence-corrected chi connectivity index (χ0v) is 11.1. The predicted octanol–water partition coefficient (Wildman–Crippen LogP) is -2.67. The highest BCUT2D eigenvalue weighted by Gasteiger charge is 2.30. The van der Waals surface area contributed by atoms with Gasteiger partial charge in [0.25, 0.3) is 0 Å². The van der Waals surface area contributed by atoms with Crippen LogP contribution in [0.5, 0.6) is 0 Å². The number of amides is 1. The number of hydrogen-bond acceptors (Lipinski definition) is 5. The molecule has 8 N–H and O–H groups in total. The molecule has 0 aromatic rings. The zero-order chi connectivity index (χ0) is 15.1. The fourth-order valence-electron chi connectivity index (χ4n) is 1.95. The van der Waals surface area contributed by atoms with Gasteiger partial charge in [0.15, 0.2) is 5.96 Å². The number of nitrogens with zero attached hydrogens (tertiary/aromatic N) is 1. The van der Waals surface area contributed by atoms with Crippen LogP contribution >= 0.6 is 0 Å². The third kappa shape index (κ3) is 5.41. The van der Waals surface area contributed by atoms with Gasteiger partial charge in [-0.15, -0.1) is 0 Å². The van der Waals surface area contributed by atoms with E-state index in [1.165, 1.54) is 0 Å². The Morgan fingerprint density at radius 1 is 1.45 bits per heavy atom. The molecule has 1 rings (SSSR count). The highest BCUT2D eigenvalue weighted by atomic mass is 16.4. The summed E-state index contributed by atoms with van der Waals surface area (Å²) in [4.78, 5) is 26.6. The maximum absolute atomic E-state index is 11.8. The lowest BCUT2D eigenvalue weighted by Gasteiger charge is -2.17. The van der Waals surface area contributed by atoms with Crippen molar-refractivity contribution < 1.29 is 19.8 Å². The third-order valence-corrected chi connectivity index (χ3v) is 2.98. The van der Waals surface area contributed by atoms with Gasteiger partial charge in [-0.2, -0.15) is 0 Å².